The first kappa shape index (κ1) is 49.0. The number of nitrogens with one attached hydrogen (secondary N) is 4. The molecule has 0 aromatic heterocycles. The lowest BCUT2D eigenvalue weighted by Crippen LogP contribution is -2.49. The van der Waals surface area contributed by atoms with E-state index in [9.17, 15) is 43.2 Å². The van der Waals surface area contributed by atoms with Crippen molar-refractivity contribution in [3.8, 4) is 0 Å². The molecule has 0 radical (unpaired) electrons. The van der Waals surface area contributed by atoms with E-state index < -0.39 is 47.3 Å². The van der Waals surface area contributed by atoms with Gasteiger partial charge in [-0.05, 0) is 46.5 Å². The molecule has 18 heteroatoms. The van der Waals surface area contributed by atoms with Gasteiger partial charge in [0.05, 0.1) is 0 Å². The molecule has 2 atom stereocenters. The minimum atomic E-state index is -0.764. The van der Waals surface area contributed by atoms with Gasteiger partial charge in [0, 0.05) is 92.7 Å². The van der Waals surface area contributed by atoms with E-state index in [-0.39, 0.29) is 60.6 Å². The number of unbranched alkanes of at least 4 members (excludes halogenated alkanes) is 4. The Bertz CT molecular complexity index is 1480. The predicted octanol–water partition coefficient (Wildman–Crippen LogP) is 3.34. The van der Waals surface area contributed by atoms with Crippen molar-refractivity contribution in [2.45, 2.75) is 122 Å². The number of ether oxygens (including phenoxy) is 1. The molecule has 2 rings (SSSR count). The van der Waals surface area contributed by atoms with Crippen LogP contribution < -0.4 is 21.3 Å². The van der Waals surface area contributed by atoms with Crippen LogP contribution in [0.2, 0.25) is 0 Å². The van der Waals surface area contributed by atoms with E-state index in [2.05, 4.69) is 42.0 Å². The maximum atomic E-state index is 13.2. The van der Waals surface area contributed by atoms with Gasteiger partial charge in [-0.25, -0.2) is 4.79 Å². The lowest BCUT2D eigenvalue weighted by atomic mass is 9.94. The second-order valence-corrected chi connectivity index (χ2v) is 19.0. The molecule has 2 aliphatic rings. The monoisotopic (exact) mass is 836 g/mol. The highest BCUT2D eigenvalue weighted by Crippen LogP contribution is 2.35. The van der Waals surface area contributed by atoms with Crippen LogP contribution in [-0.2, 0) is 43.1 Å². The fourth-order valence-electron chi connectivity index (χ4n) is 5.49. The molecule has 0 saturated carbocycles. The van der Waals surface area contributed by atoms with Gasteiger partial charge in [0.25, 0.3) is 23.6 Å². The van der Waals surface area contributed by atoms with Gasteiger partial charge in [0.1, 0.15) is 17.4 Å². The normalized spacial score (nSPS) is 15.2. The molecule has 0 saturated heterocycles. The van der Waals surface area contributed by atoms with Crippen LogP contribution in [-0.4, -0.2) is 118 Å². The number of carbonyl (C=O) groups excluding carboxylic acids is 9. The lowest BCUT2D eigenvalue weighted by molar-refractivity contribution is -0.139. The second kappa shape index (κ2) is 24.6. The molecule has 0 unspecified atom stereocenters. The van der Waals surface area contributed by atoms with Gasteiger partial charge in [-0.2, -0.15) is 0 Å². The molecular formula is C39H60N6O10S2. The summed E-state index contributed by atoms with van der Waals surface area (Å²) in [5, 5.41) is 11.2. The van der Waals surface area contributed by atoms with E-state index in [1.54, 1.807) is 31.6 Å². The number of carbonyl (C=O) groups is 9. The highest BCUT2D eigenvalue weighted by Gasteiger charge is 2.28. The Balaban J connectivity index is 1.77. The fraction of sp³-hybridized carbons (Fsp3) is 0.667. The quantitative estimate of drug-likeness (QED) is 0.0561. The van der Waals surface area contributed by atoms with Gasteiger partial charge in [0.15, 0.2) is 0 Å². The van der Waals surface area contributed by atoms with Crippen molar-refractivity contribution in [1.82, 2.24) is 31.1 Å². The number of imide groups is 2. The van der Waals surface area contributed by atoms with Crippen LogP contribution in [0, 0.1) is 5.92 Å². The maximum absolute atomic E-state index is 13.2. The molecule has 0 aromatic rings. The maximum Gasteiger partial charge on any atom is 0.408 e. The highest BCUT2D eigenvalue weighted by atomic mass is 33.1. The third kappa shape index (κ3) is 20.7. The standard InChI is InChI=1S/C39H60N6O10S2/c1-38(2,3)55-37(54)43-29(26-56-57-39(4,5)6)36(53)42-22-11-8-7-10-21-41-35(52)27(25-28(46)18-23-44-31(48)14-15-32(44)49)13-9-12-20-40-30(47)19-24-45-33(50)16-17-34(45)51/h14-17,27,29H,7-13,18-26H2,1-6H3,(H,40,47)(H,41,52)(H,42,53)(H,43,54)/t27-,29+/m1/s1. The number of rotatable bonds is 26. The average molecular weight is 837 g/mol. The summed E-state index contributed by atoms with van der Waals surface area (Å²) >= 11 is 0. The number of hydrogen-bond donors (Lipinski definition) is 4. The summed E-state index contributed by atoms with van der Waals surface area (Å²) in [7, 11) is 3.13. The van der Waals surface area contributed by atoms with Crippen molar-refractivity contribution in [2.24, 2.45) is 5.92 Å². The van der Waals surface area contributed by atoms with Gasteiger partial charge in [-0.1, -0.05) is 61.6 Å². The van der Waals surface area contributed by atoms with Crippen molar-refractivity contribution >= 4 is 74.8 Å². The van der Waals surface area contributed by atoms with Crippen molar-refractivity contribution in [1.29, 1.82) is 0 Å². The van der Waals surface area contributed by atoms with E-state index in [1.807, 2.05) is 0 Å². The summed E-state index contributed by atoms with van der Waals surface area (Å²) in [6.07, 6.45) is 8.15. The topological polar surface area (TPSA) is 217 Å². The summed E-state index contributed by atoms with van der Waals surface area (Å²) in [6, 6.07) is -0.764. The molecule has 2 heterocycles. The molecular weight excluding hydrogens is 777 g/mol. The molecule has 8 amide bonds. The third-order valence-electron chi connectivity index (χ3n) is 8.38. The van der Waals surface area contributed by atoms with E-state index in [0.29, 0.717) is 57.5 Å². The Labute approximate surface area is 343 Å². The molecule has 16 nitrogen and oxygen atoms in total. The zero-order valence-electron chi connectivity index (χ0n) is 34.1. The van der Waals surface area contributed by atoms with Crippen molar-refractivity contribution in [3.63, 3.8) is 0 Å². The van der Waals surface area contributed by atoms with Crippen molar-refractivity contribution in [3.05, 3.63) is 24.3 Å². The first-order valence-corrected chi connectivity index (χ1v) is 21.8. The smallest absolute Gasteiger partial charge is 0.408 e. The van der Waals surface area contributed by atoms with Crippen LogP contribution in [0.4, 0.5) is 4.79 Å². The predicted molar refractivity (Wildman–Crippen MR) is 218 cm³/mol. The van der Waals surface area contributed by atoms with Crippen LogP contribution in [0.5, 0.6) is 0 Å². The first-order valence-electron chi connectivity index (χ1n) is 19.5. The largest absolute Gasteiger partial charge is 0.444 e. The number of nitrogens with zero attached hydrogens (tertiary/aromatic N) is 2. The number of ketones is 1. The molecule has 57 heavy (non-hydrogen) atoms. The molecule has 0 aromatic carbocycles. The third-order valence-corrected chi connectivity index (χ3v) is 11.7. The van der Waals surface area contributed by atoms with Crippen LogP contribution >= 0.6 is 21.6 Å². The molecule has 0 bridgehead atoms. The summed E-state index contributed by atoms with van der Waals surface area (Å²) in [4.78, 5) is 113. The summed E-state index contributed by atoms with van der Waals surface area (Å²) in [6.45, 7) is 12.5. The van der Waals surface area contributed by atoms with Crippen LogP contribution in [0.1, 0.15) is 106 Å². The molecule has 0 spiro atoms. The molecule has 0 aliphatic carbocycles. The summed E-state index contributed by atoms with van der Waals surface area (Å²) in [5.41, 5.74) is -0.699. The van der Waals surface area contributed by atoms with E-state index in [0.717, 1.165) is 46.9 Å². The number of alkyl carbamates (subject to hydrolysis) is 1. The van der Waals surface area contributed by atoms with E-state index in [4.69, 9.17) is 4.74 Å². The zero-order valence-corrected chi connectivity index (χ0v) is 35.7. The lowest BCUT2D eigenvalue weighted by Gasteiger charge is -2.24. The van der Waals surface area contributed by atoms with E-state index >= 15 is 0 Å². The number of amides is 8. The van der Waals surface area contributed by atoms with Crippen LogP contribution in [0.3, 0.4) is 0 Å². The van der Waals surface area contributed by atoms with Gasteiger partial charge in [-0.15, -0.1) is 0 Å². The van der Waals surface area contributed by atoms with Gasteiger partial charge in [-0.3, -0.25) is 48.2 Å². The highest BCUT2D eigenvalue weighted by molar-refractivity contribution is 8.77. The SMILES string of the molecule is CC(C)(C)OC(=O)N[C@@H](CSSC(C)(C)C)C(=O)NCCCCCCNC(=O)[C@H](CCCCNC(=O)CCN1C(=O)C=CC1=O)CC(=O)CCN1C(=O)C=CC1=O. The summed E-state index contributed by atoms with van der Waals surface area (Å²) < 4.78 is 5.33. The Kier molecular flexibility index (Phi) is 21.1. The Morgan fingerprint density at radius 2 is 1.16 bits per heavy atom. The number of Topliss-reactive ketones (excluding diaryl/α,β-unsaturated/α-hetero) is 1. The van der Waals surface area contributed by atoms with Gasteiger partial charge < -0.3 is 26.0 Å². The molecule has 0 fully saturated rings. The summed E-state index contributed by atoms with van der Waals surface area (Å²) in [5.74, 6) is -3.29. The first-order chi connectivity index (χ1) is 26.8. The minimum absolute atomic E-state index is 0.0191. The molecule has 2 aliphatic heterocycles. The second-order valence-electron chi connectivity index (χ2n) is 15.8. The van der Waals surface area contributed by atoms with Crippen LogP contribution in [0.15, 0.2) is 24.3 Å². The van der Waals surface area contributed by atoms with Gasteiger partial charge >= 0.3 is 6.09 Å². The Morgan fingerprint density at radius 3 is 1.68 bits per heavy atom. The number of hydrogen-bond acceptors (Lipinski definition) is 12. The zero-order chi connectivity index (χ0) is 42.6. The Hall–Kier alpha value is -4.19. The van der Waals surface area contributed by atoms with Crippen molar-refractivity contribution in [2.75, 3.05) is 38.5 Å². The van der Waals surface area contributed by atoms with Crippen LogP contribution in [0.25, 0.3) is 0 Å². The van der Waals surface area contributed by atoms with Gasteiger partial charge in [0.2, 0.25) is 17.7 Å². The molecule has 318 valence electrons. The van der Waals surface area contributed by atoms with Crippen molar-refractivity contribution < 1.29 is 47.9 Å². The van der Waals surface area contributed by atoms with E-state index in [1.165, 1.54) is 10.8 Å². The Morgan fingerprint density at radius 1 is 0.667 bits per heavy atom. The average Bonchev–Trinajstić information content (AvgIpc) is 3.61. The minimum Gasteiger partial charge on any atom is -0.444 e. The fourth-order valence-corrected chi connectivity index (χ4v) is 7.96. The molecule has 4 N–H and O–H groups in total.